The number of hydrogen-bond donors (Lipinski definition) is 1. The quantitative estimate of drug-likeness (QED) is 0.842. The highest BCUT2D eigenvalue weighted by atomic mass is 16.4. The summed E-state index contributed by atoms with van der Waals surface area (Å²) in [4.78, 5) is 21.3. The molecule has 27 heavy (non-hydrogen) atoms. The van der Waals surface area contributed by atoms with E-state index in [2.05, 4.69) is 21.7 Å². The van der Waals surface area contributed by atoms with Gasteiger partial charge in [-0.2, -0.15) is 0 Å². The Morgan fingerprint density at radius 1 is 1.22 bits per heavy atom. The van der Waals surface area contributed by atoms with E-state index in [0.717, 1.165) is 31.7 Å². The van der Waals surface area contributed by atoms with Gasteiger partial charge in [0.05, 0.1) is 5.69 Å². The number of furan rings is 1. The molecule has 6 nitrogen and oxygen atoms in total. The lowest BCUT2D eigenvalue weighted by atomic mass is 10.1. The minimum atomic E-state index is -1.10. The summed E-state index contributed by atoms with van der Waals surface area (Å²) in [7, 11) is 0. The third kappa shape index (κ3) is 5.68. The highest BCUT2D eigenvalue weighted by Gasteiger charge is 2.22. The van der Waals surface area contributed by atoms with Crippen molar-refractivity contribution >= 4 is 5.91 Å². The zero-order valence-electron chi connectivity index (χ0n) is 15.8. The second-order valence-electron chi connectivity index (χ2n) is 7.22. The molecule has 0 radical (unpaired) electrons. The smallest absolute Gasteiger partial charge is 0.289 e. The summed E-state index contributed by atoms with van der Waals surface area (Å²) in [5.41, 5.74) is -0.0583. The molecule has 1 amide bonds. The zero-order valence-corrected chi connectivity index (χ0v) is 15.8. The Kier molecular flexibility index (Phi) is 5.94. The average molecular weight is 367 g/mol. The predicted octanol–water partition coefficient (Wildman–Crippen LogP) is 2.15. The van der Waals surface area contributed by atoms with Gasteiger partial charge in [0, 0.05) is 38.9 Å². The van der Waals surface area contributed by atoms with Crippen molar-refractivity contribution in [2.45, 2.75) is 32.4 Å². The molecular weight excluding hydrogens is 342 g/mol. The highest BCUT2D eigenvalue weighted by molar-refractivity contribution is 5.91. The lowest BCUT2D eigenvalue weighted by Gasteiger charge is -2.21. The van der Waals surface area contributed by atoms with Crippen molar-refractivity contribution in [1.29, 1.82) is 0 Å². The Hall–Kier alpha value is -2.62. The summed E-state index contributed by atoms with van der Waals surface area (Å²) in [5, 5.41) is 9.66. The van der Waals surface area contributed by atoms with Gasteiger partial charge in [-0.1, -0.05) is 12.0 Å². The van der Waals surface area contributed by atoms with Gasteiger partial charge in [0.25, 0.3) is 5.91 Å². The van der Waals surface area contributed by atoms with Crippen LogP contribution in [0.3, 0.4) is 0 Å². The number of pyridine rings is 1. The SMILES string of the molecule is CC(C)(O)C#Cc1ccc(C(=O)N2CCCN(Cc3ccccn3)CC2)o1. The number of aliphatic hydroxyl groups is 1. The third-order valence-corrected chi connectivity index (χ3v) is 4.30. The van der Waals surface area contributed by atoms with Crippen molar-refractivity contribution in [3.05, 3.63) is 53.7 Å². The Labute approximate surface area is 159 Å². The van der Waals surface area contributed by atoms with Crippen LogP contribution >= 0.6 is 0 Å². The molecule has 142 valence electrons. The van der Waals surface area contributed by atoms with Gasteiger partial charge in [-0.15, -0.1) is 0 Å². The molecule has 6 heteroatoms. The molecule has 0 saturated carbocycles. The molecule has 0 spiro atoms. The van der Waals surface area contributed by atoms with E-state index in [4.69, 9.17) is 4.42 Å². The van der Waals surface area contributed by atoms with Gasteiger partial charge in [0.15, 0.2) is 11.5 Å². The molecule has 1 fully saturated rings. The first-order chi connectivity index (χ1) is 12.9. The van der Waals surface area contributed by atoms with E-state index < -0.39 is 5.60 Å². The lowest BCUT2D eigenvalue weighted by molar-refractivity contribution is 0.0728. The third-order valence-electron chi connectivity index (χ3n) is 4.30. The molecule has 0 bridgehead atoms. The number of aromatic nitrogens is 1. The molecule has 1 aliphatic heterocycles. The number of nitrogens with zero attached hydrogens (tertiary/aromatic N) is 3. The molecule has 2 aromatic rings. The van der Waals surface area contributed by atoms with Crippen LogP contribution in [-0.4, -0.2) is 57.6 Å². The summed E-state index contributed by atoms with van der Waals surface area (Å²) in [6.07, 6.45) is 2.71. The molecule has 3 heterocycles. The fourth-order valence-electron chi connectivity index (χ4n) is 2.94. The van der Waals surface area contributed by atoms with Crippen LogP contribution < -0.4 is 0 Å². The van der Waals surface area contributed by atoms with E-state index in [-0.39, 0.29) is 11.7 Å². The van der Waals surface area contributed by atoms with Crippen LogP contribution in [0.4, 0.5) is 0 Å². The first kappa shape index (κ1) is 19.2. The maximum atomic E-state index is 12.7. The lowest BCUT2D eigenvalue weighted by Crippen LogP contribution is -2.35. The van der Waals surface area contributed by atoms with Crippen molar-refractivity contribution in [3.63, 3.8) is 0 Å². The largest absolute Gasteiger partial charge is 0.443 e. The van der Waals surface area contributed by atoms with Crippen molar-refractivity contribution in [2.24, 2.45) is 0 Å². The van der Waals surface area contributed by atoms with Gasteiger partial charge in [-0.3, -0.25) is 14.7 Å². The number of hydrogen-bond acceptors (Lipinski definition) is 5. The standard InChI is InChI=1S/C21H25N3O3/c1-21(2,26)10-9-18-7-8-19(27-18)20(25)24-13-5-12-23(14-15-24)16-17-6-3-4-11-22-17/h3-4,6-8,11,26H,5,12-16H2,1-2H3. The molecule has 1 N–H and O–H groups in total. The van der Waals surface area contributed by atoms with Gasteiger partial charge in [-0.25, -0.2) is 0 Å². The number of amides is 1. The van der Waals surface area contributed by atoms with Gasteiger partial charge >= 0.3 is 0 Å². The number of carbonyl (C=O) groups excluding carboxylic acids is 1. The van der Waals surface area contributed by atoms with E-state index in [1.165, 1.54) is 0 Å². The first-order valence-corrected chi connectivity index (χ1v) is 9.18. The first-order valence-electron chi connectivity index (χ1n) is 9.18. The molecular formula is C21H25N3O3. The topological polar surface area (TPSA) is 69.8 Å². The highest BCUT2D eigenvalue weighted by Crippen LogP contribution is 2.14. The monoisotopic (exact) mass is 367 g/mol. The summed E-state index contributed by atoms with van der Waals surface area (Å²) in [6.45, 7) is 7.07. The van der Waals surface area contributed by atoms with Crippen LogP contribution in [0.1, 0.15) is 42.3 Å². The molecule has 0 unspecified atom stereocenters. The maximum absolute atomic E-state index is 12.7. The Morgan fingerprint density at radius 3 is 2.81 bits per heavy atom. The van der Waals surface area contributed by atoms with Crippen molar-refractivity contribution in [3.8, 4) is 11.8 Å². The van der Waals surface area contributed by atoms with Gasteiger partial charge < -0.3 is 14.4 Å². The van der Waals surface area contributed by atoms with Gasteiger partial charge in [-0.05, 0) is 50.5 Å². The van der Waals surface area contributed by atoms with Crippen LogP contribution in [0.15, 0.2) is 40.9 Å². The van der Waals surface area contributed by atoms with Crippen molar-refractivity contribution in [1.82, 2.24) is 14.8 Å². The number of carbonyl (C=O) groups is 1. The normalized spacial score (nSPS) is 15.7. The van der Waals surface area contributed by atoms with E-state index >= 15 is 0 Å². The van der Waals surface area contributed by atoms with Crippen LogP contribution in [-0.2, 0) is 6.54 Å². The average Bonchev–Trinajstić information content (AvgIpc) is 2.99. The molecule has 1 saturated heterocycles. The van der Waals surface area contributed by atoms with Crippen LogP contribution in [0.2, 0.25) is 0 Å². The number of rotatable bonds is 3. The van der Waals surface area contributed by atoms with Crippen molar-refractivity contribution < 1.29 is 14.3 Å². The Morgan fingerprint density at radius 2 is 2.07 bits per heavy atom. The molecule has 0 aliphatic carbocycles. The minimum absolute atomic E-state index is 0.119. The van der Waals surface area contributed by atoms with Crippen LogP contribution in [0, 0.1) is 11.8 Å². The fourth-order valence-corrected chi connectivity index (χ4v) is 2.94. The maximum Gasteiger partial charge on any atom is 0.289 e. The molecule has 0 aromatic carbocycles. The van der Waals surface area contributed by atoms with E-state index in [1.807, 2.05) is 23.1 Å². The van der Waals surface area contributed by atoms with E-state index in [0.29, 0.717) is 18.8 Å². The summed E-state index contributed by atoms with van der Waals surface area (Å²) in [6, 6.07) is 9.23. The second kappa shape index (κ2) is 8.38. The van der Waals surface area contributed by atoms with Gasteiger partial charge in [0.1, 0.15) is 5.60 Å². The molecule has 2 aromatic heterocycles. The van der Waals surface area contributed by atoms with E-state index in [1.54, 1.807) is 32.2 Å². The molecule has 0 atom stereocenters. The van der Waals surface area contributed by atoms with Gasteiger partial charge in [0.2, 0.25) is 0 Å². The van der Waals surface area contributed by atoms with Crippen molar-refractivity contribution in [2.75, 3.05) is 26.2 Å². The van der Waals surface area contributed by atoms with Crippen LogP contribution in [0.25, 0.3) is 0 Å². The second-order valence-corrected chi connectivity index (χ2v) is 7.22. The van der Waals surface area contributed by atoms with Crippen LogP contribution in [0.5, 0.6) is 0 Å². The summed E-state index contributed by atoms with van der Waals surface area (Å²) >= 11 is 0. The zero-order chi connectivity index (χ0) is 19.3. The Bertz CT molecular complexity index is 828. The Balaban J connectivity index is 1.59. The fraction of sp³-hybridized carbons (Fsp3) is 0.429. The minimum Gasteiger partial charge on any atom is -0.443 e. The predicted molar refractivity (Wildman–Crippen MR) is 102 cm³/mol. The summed E-state index contributed by atoms with van der Waals surface area (Å²) < 4.78 is 5.56. The molecule has 1 aliphatic rings. The van der Waals surface area contributed by atoms with E-state index in [9.17, 15) is 9.90 Å². The molecule has 3 rings (SSSR count). The summed E-state index contributed by atoms with van der Waals surface area (Å²) in [5.74, 6) is 5.99.